The van der Waals surface area contributed by atoms with Crippen molar-refractivity contribution in [1.29, 1.82) is 0 Å². The molecule has 0 bridgehead atoms. The molecule has 0 heterocycles. The van der Waals surface area contributed by atoms with Crippen molar-refractivity contribution in [3.63, 3.8) is 0 Å². The zero-order valence-corrected chi connectivity index (χ0v) is 24.1. The summed E-state index contributed by atoms with van der Waals surface area (Å²) in [5, 5.41) is 0. The van der Waals surface area contributed by atoms with Crippen LogP contribution in [0.1, 0.15) is 91.4 Å². The Labute approximate surface area is 196 Å². The van der Waals surface area contributed by atoms with E-state index in [0.717, 1.165) is 25.7 Å². The Morgan fingerprint density at radius 3 is 1.84 bits per heavy atom. The molecule has 0 aromatic carbocycles. The van der Waals surface area contributed by atoms with E-state index >= 15 is 0 Å². The van der Waals surface area contributed by atoms with Crippen molar-refractivity contribution in [3.05, 3.63) is 23.3 Å². The summed E-state index contributed by atoms with van der Waals surface area (Å²) in [5.74, 6) is -0.0549. The fourth-order valence-electron chi connectivity index (χ4n) is 3.80. The predicted molar refractivity (Wildman–Crippen MR) is 142 cm³/mol. The normalized spacial score (nSPS) is 12.7. The van der Waals surface area contributed by atoms with Crippen molar-refractivity contribution in [2.24, 2.45) is 0 Å². The highest BCUT2D eigenvalue weighted by Crippen LogP contribution is 2.21. The first-order valence-corrected chi connectivity index (χ1v) is 19.1. The van der Waals surface area contributed by atoms with E-state index in [4.69, 9.17) is 8.85 Å². The minimum Gasteiger partial charge on any atom is -0.461 e. The summed E-state index contributed by atoms with van der Waals surface area (Å²) in [7, 11) is -2.84. The lowest BCUT2D eigenvalue weighted by Crippen LogP contribution is -2.42. The summed E-state index contributed by atoms with van der Waals surface area (Å²) in [6.07, 6.45) is 16.8. The van der Waals surface area contributed by atoms with Gasteiger partial charge in [0.05, 0.1) is 0 Å². The summed E-state index contributed by atoms with van der Waals surface area (Å²) in [6.45, 7) is 18.4. The summed E-state index contributed by atoms with van der Waals surface area (Å²) >= 11 is 0. The summed E-state index contributed by atoms with van der Waals surface area (Å²) < 4.78 is 11.7. The zero-order chi connectivity index (χ0) is 23.8. The van der Waals surface area contributed by atoms with Crippen LogP contribution >= 0.6 is 0 Å². The Kier molecular flexibility index (Phi) is 16.5. The third kappa shape index (κ3) is 22.3. The van der Waals surface area contributed by atoms with Crippen molar-refractivity contribution in [2.45, 2.75) is 130 Å². The fraction of sp³-hybridized carbons (Fsp3) is 0.808. The van der Waals surface area contributed by atoms with Gasteiger partial charge in [-0.3, -0.25) is 4.79 Å². The van der Waals surface area contributed by atoms with Gasteiger partial charge in [0, 0.05) is 6.42 Å². The van der Waals surface area contributed by atoms with Gasteiger partial charge in [-0.05, 0) is 84.9 Å². The van der Waals surface area contributed by atoms with Gasteiger partial charge in [-0.15, -0.1) is 0 Å². The fourth-order valence-corrected chi connectivity index (χ4v) is 11.9. The second-order valence-corrected chi connectivity index (χ2v) is 19.9. The maximum Gasteiger partial charge on any atom is 0.306 e. The monoisotopic (exact) mass is 468 g/mol. The van der Waals surface area contributed by atoms with E-state index in [1.165, 1.54) is 55.7 Å². The van der Waals surface area contributed by atoms with Gasteiger partial charge in [0.15, 0.2) is 16.6 Å². The third-order valence-electron chi connectivity index (χ3n) is 5.26. The molecule has 0 fully saturated rings. The molecule has 0 N–H and O–H groups in total. The number of unbranched alkanes of at least 4 members (excludes halogenated alkanes) is 7. The minimum absolute atomic E-state index is 0.0549. The van der Waals surface area contributed by atoms with Crippen LogP contribution in [-0.2, 0) is 13.6 Å². The molecule has 0 rings (SSSR count). The molecule has 0 aliphatic rings. The molecule has 0 aliphatic heterocycles. The lowest BCUT2D eigenvalue weighted by atomic mass is 10.1. The average molecular weight is 469 g/mol. The van der Waals surface area contributed by atoms with Crippen molar-refractivity contribution < 1.29 is 13.6 Å². The number of carbonyl (C=O) groups excluding carboxylic acids is 1. The Morgan fingerprint density at radius 2 is 1.29 bits per heavy atom. The molecule has 0 aromatic heterocycles. The van der Waals surface area contributed by atoms with Gasteiger partial charge >= 0.3 is 5.97 Å². The minimum atomic E-state index is -1.45. The number of carbonyl (C=O) groups is 1. The van der Waals surface area contributed by atoms with E-state index in [9.17, 15) is 4.79 Å². The number of esters is 1. The molecule has 31 heavy (non-hydrogen) atoms. The molecule has 0 saturated heterocycles. The molecule has 0 saturated carbocycles. The van der Waals surface area contributed by atoms with Gasteiger partial charge in [-0.2, -0.15) is 0 Å². The van der Waals surface area contributed by atoms with Gasteiger partial charge in [0.25, 0.3) is 0 Å². The van der Waals surface area contributed by atoms with Crippen molar-refractivity contribution >= 4 is 22.6 Å². The quantitative estimate of drug-likeness (QED) is 0.0872. The number of allylic oxidation sites excluding steroid dienone is 3. The van der Waals surface area contributed by atoms with Gasteiger partial charge in [0.2, 0.25) is 0 Å². The van der Waals surface area contributed by atoms with Crippen LogP contribution in [0, 0.1) is 0 Å². The van der Waals surface area contributed by atoms with Crippen LogP contribution in [0.25, 0.3) is 0 Å². The van der Waals surface area contributed by atoms with Crippen LogP contribution in [-0.4, -0.2) is 29.2 Å². The topological polar surface area (TPSA) is 35.5 Å². The van der Waals surface area contributed by atoms with Crippen molar-refractivity contribution in [2.75, 3.05) is 6.61 Å². The second kappa shape index (κ2) is 16.9. The predicted octanol–water partition coefficient (Wildman–Crippen LogP) is 8.79. The molecular formula is C26H52O3Si2. The van der Waals surface area contributed by atoms with Gasteiger partial charge < -0.3 is 8.85 Å². The molecule has 0 aliphatic carbocycles. The van der Waals surface area contributed by atoms with Crippen LogP contribution in [0.4, 0.5) is 0 Å². The van der Waals surface area contributed by atoms with Gasteiger partial charge in [-0.25, -0.2) is 0 Å². The second-order valence-electron chi connectivity index (χ2n) is 10.9. The van der Waals surface area contributed by atoms with E-state index < -0.39 is 16.6 Å². The molecule has 5 heteroatoms. The number of rotatable bonds is 18. The van der Waals surface area contributed by atoms with Gasteiger partial charge in [0.1, 0.15) is 6.61 Å². The highest BCUT2D eigenvalue weighted by molar-refractivity contribution is 6.84. The molecule has 0 aromatic rings. The molecule has 182 valence electrons. The molecule has 0 amide bonds. The number of hydrogen-bond donors (Lipinski definition) is 0. The average Bonchev–Trinajstić information content (AvgIpc) is 2.60. The molecule has 3 nitrogen and oxygen atoms in total. The van der Waals surface area contributed by atoms with Crippen LogP contribution in [0.15, 0.2) is 23.3 Å². The van der Waals surface area contributed by atoms with E-state index in [2.05, 4.69) is 59.6 Å². The standard InChI is InChI=1S/C26H52O3Si2/c1-24(2)18-17-19-25(3)21-22-28-26(27)20-15-13-11-9-10-12-14-16-23-31(7,8)29-30(4,5)6/h18,21H,9-17,19-20,22-23H2,1-8H3. The molecule has 0 radical (unpaired) electrons. The smallest absolute Gasteiger partial charge is 0.306 e. The Bertz CT molecular complexity index is 541. The Hall–Kier alpha value is -0.656. The van der Waals surface area contributed by atoms with E-state index in [0.29, 0.717) is 13.0 Å². The lowest BCUT2D eigenvalue weighted by molar-refractivity contribution is -0.142. The molecule has 0 unspecified atom stereocenters. The summed E-state index contributed by atoms with van der Waals surface area (Å²) in [5.41, 5.74) is 2.65. The Balaban J connectivity index is 3.58. The number of ether oxygens (including phenoxy) is 1. The lowest BCUT2D eigenvalue weighted by Gasteiger charge is -2.31. The zero-order valence-electron chi connectivity index (χ0n) is 22.1. The Morgan fingerprint density at radius 1 is 0.742 bits per heavy atom. The van der Waals surface area contributed by atoms with E-state index in [1.807, 2.05) is 6.08 Å². The SMILES string of the molecule is CC(C)=CCCC(C)=CCOC(=O)CCCCCCCCCC[Si](C)(C)O[Si](C)(C)C. The maximum absolute atomic E-state index is 11.8. The van der Waals surface area contributed by atoms with Crippen LogP contribution in [0.3, 0.4) is 0 Å². The van der Waals surface area contributed by atoms with Crippen molar-refractivity contribution in [3.8, 4) is 0 Å². The molecule has 0 atom stereocenters. The first-order valence-electron chi connectivity index (χ1n) is 12.6. The maximum atomic E-state index is 11.8. The van der Waals surface area contributed by atoms with E-state index in [1.54, 1.807) is 0 Å². The summed E-state index contributed by atoms with van der Waals surface area (Å²) in [6, 6.07) is 1.30. The van der Waals surface area contributed by atoms with Crippen LogP contribution in [0.5, 0.6) is 0 Å². The molecular weight excluding hydrogens is 416 g/mol. The van der Waals surface area contributed by atoms with Crippen LogP contribution < -0.4 is 0 Å². The third-order valence-corrected chi connectivity index (χ3v) is 11.5. The van der Waals surface area contributed by atoms with Gasteiger partial charge in [-0.1, -0.05) is 62.2 Å². The first-order chi connectivity index (χ1) is 14.4. The first kappa shape index (κ1) is 30.3. The highest BCUT2D eigenvalue weighted by atomic mass is 28.4. The number of hydrogen-bond acceptors (Lipinski definition) is 3. The van der Waals surface area contributed by atoms with Crippen LogP contribution in [0.2, 0.25) is 38.8 Å². The summed E-state index contributed by atoms with van der Waals surface area (Å²) in [4.78, 5) is 11.8. The molecule has 0 spiro atoms. The highest BCUT2D eigenvalue weighted by Gasteiger charge is 2.28. The largest absolute Gasteiger partial charge is 0.461 e. The van der Waals surface area contributed by atoms with Crippen molar-refractivity contribution in [1.82, 2.24) is 0 Å². The van der Waals surface area contributed by atoms with E-state index in [-0.39, 0.29) is 5.97 Å².